The van der Waals surface area contributed by atoms with E-state index in [1.165, 1.54) is 11.1 Å². The molecule has 0 saturated heterocycles. The fourth-order valence-electron chi connectivity index (χ4n) is 2.71. The second-order valence-electron chi connectivity index (χ2n) is 5.00. The fourth-order valence-corrected chi connectivity index (χ4v) is 3.14. The smallest absolute Gasteiger partial charge is 0.0985 e. The van der Waals surface area contributed by atoms with Crippen LogP contribution in [0.4, 0.5) is 0 Å². The van der Waals surface area contributed by atoms with Crippen molar-refractivity contribution in [1.29, 1.82) is 0 Å². The molecule has 2 N–H and O–H groups in total. The summed E-state index contributed by atoms with van der Waals surface area (Å²) < 4.78 is 0.840. The van der Waals surface area contributed by atoms with Crippen molar-refractivity contribution in [2.75, 3.05) is 6.54 Å². The minimum atomic E-state index is -0.609. The molecule has 1 heterocycles. The lowest BCUT2D eigenvalue weighted by Crippen LogP contribution is -2.33. The van der Waals surface area contributed by atoms with E-state index in [2.05, 4.69) is 33.4 Å². The number of hydrogen-bond donors (Lipinski definition) is 2. The van der Waals surface area contributed by atoms with Crippen molar-refractivity contribution >= 4 is 27.5 Å². The van der Waals surface area contributed by atoms with Crippen LogP contribution in [0.1, 0.15) is 28.8 Å². The third kappa shape index (κ3) is 2.63. The fraction of sp³-hybridized carbons (Fsp3) is 0.250. The normalized spacial score (nSPS) is 19.4. The molecule has 104 valence electrons. The number of rotatable bonds is 2. The predicted molar refractivity (Wildman–Crippen MR) is 85.0 cm³/mol. The van der Waals surface area contributed by atoms with E-state index in [0.29, 0.717) is 5.02 Å². The van der Waals surface area contributed by atoms with E-state index in [9.17, 15) is 5.11 Å². The second-order valence-corrected chi connectivity index (χ2v) is 6.26. The van der Waals surface area contributed by atoms with E-state index in [4.69, 9.17) is 11.6 Å². The van der Waals surface area contributed by atoms with Crippen molar-refractivity contribution < 1.29 is 5.11 Å². The Balaban J connectivity index is 1.95. The van der Waals surface area contributed by atoms with Crippen molar-refractivity contribution in [2.24, 2.45) is 0 Å². The summed E-state index contributed by atoms with van der Waals surface area (Å²) in [4.78, 5) is 0. The Labute approximate surface area is 131 Å². The number of aliphatic hydroxyl groups excluding tert-OH is 1. The summed E-state index contributed by atoms with van der Waals surface area (Å²) in [7, 11) is 0. The Bertz CT molecular complexity index is 632. The number of fused-ring (bicyclic) bond motifs is 1. The van der Waals surface area contributed by atoms with E-state index >= 15 is 0 Å². The molecule has 1 aliphatic heterocycles. The predicted octanol–water partition coefficient (Wildman–Crippen LogP) is 4.02. The zero-order valence-electron chi connectivity index (χ0n) is 10.8. The number of nitrogens with one attached hydrogen (secondary N) is 1. The highest BCUT2D eigenvalue weighted by Gasteiger charge is 2.27. The number of hydrogen-bond acceptors (Lipinski definition) is 2. The van der Waals surface area contributed by atoms with Crippen LogP contribution in [-0.4, -0.2) is 11.7 Å². The Kier molecular flexibility index (Phi) is 4.13. The van der Waals surface area contributed by atoms with Gasteiger partial charge in [0.05, 0.1) is 17.2 Å². The summed E-state index contributed by atoms with van der Waals surface area (Å²) in [5.74, 6) is 0. The van der Waals surface area contributed by atoms with Gasteiger partial charge in [0.15, 0.2) is 0 Å². The van der Waals surface area contributed by atoms with Crippen LogP contribution in [0.2, 0.25) is 5.02 Å². The minimum Gasteiger partial charge on any atom is -0.386 e. The van der Waals surface area contributed by atoms with Gasteiger partial charge < -0.3 is 10.4 Å². The lowest BCUT2D eigenvalue weighted by molar-refractivity contribution is 0.125. The molecular weight excluding hydrogens is 338 g/mol. The second kappa shape index (κ2) is 5.86. The number of aliphatic hydroxyl groups is 1. The van der Waals surface area contributed by atoms with Gasteiger partial charge in [0.25, 0.3) is 0 Å². The lowest BCUT2D eigenvalue weighted by atomic mass is 9.88. The molecule has 0 radical (unpaired) electrons. The molecule has 0 saturated carbocycles. The molecule has 2 nitrogen and oxygen atoms in total. The summed E-state index contributed by atoms with van der Waals surface area (Å²) in [6.45, 7) is 0.878. The van der Waals surface area contributed by atoms with Gasteiger partial charge in [-0.25, -0.2) is 0 Å². The van der Waals surface area contributed by atoms with Gasteiger partial charge in [0, 0.05) is 4.47 Å². The molecule has 0 aromatic heterocycles. The molecule has 0 aliphatic carbocycles. The molecule has 0 amide bonds. The summed E-state index contributed by atoms with van der Waals surface area (Å²) in [6, 6.07) is 13.8. The summed E-state index contributed by atoms with van der Waals surface area (Å²) in [5, 5.41) is 14.7. The maximum absolute atomic E-state index is 10.7. The van der Waals surface area contributed by atoms with Crippen LogP contribution < -0.4 is 5.32 Å². The third-order valence-corrected chi connectivity index (χ3v) is 4.98. The van der Waals surface area contributed by atoms with Gasteiger partial charge in [-0.1, -0.05) is 41.9 Å². The monoisotopic (exact) mass is 351 g/mol. The highest BCUT2D eigenvalue weighted by molar-refractivity contribution is 9.10. The highest BCUT2D eigenvalue weighted by atomic mass is 79.9. The minimum absolute atomic E-state index is 0.0859. The molecular formula is C16H15BrClNO. The maximum atomic E-state index is 10.7. The van der Waals surface area contributed by atoms with Gasteiger partial charge in [-0.05, 0) is 57.7 Å². The zero-order valence-corrected chi connectivity index (χ0v) is 13.2. The van der Waals surface area contributed by atoms with Crippen molar-refractivity contribution in [3.05, 3.63) is 68.7 Å². The molecule has 4 heteroatoms. The van der Waals surface area contributed by atoms with Gasteiger partial charge in [-0.3, -0.25) is 0 Å². The SMILES string of the molecule is OC(c1ccc(Br)c(Cl)c1)C1NCCc2ccccc21. The largest absolute Gasteiger partial charge is 0.386 e. The topological polar surface area (TPSA) is 32.3 Å². The Morgan fingerprint density at radius 3 is 2.85 bits per heavy atom. The summed E-state index contributed by atoms with van der Waals surface area (Å²) in [6.07, 6.45) is 0.391. The summed E-state index contributed by atoms with van der Waals surface area (Å²) in [5.41, 5.74) is 3.30. The van der Waals surface area contributed by atoms with Gasteiger partial charge in [-0.15, -0.1) is 0 Å². The molecule has 2 atom stereocenters. The van der Waals surface area contributed by atoms with Crippen LogP contribution >= 0.6 is 27.5 Å². The van der Waals surface area contributed by atoms with Crippen molar-refractivity contribution in [3.63, 3.8) is 0 Å². The van der Waals surface area contributed by atoms with Crippen molar-refractivity contribution in [1.82, 2.24) is 5.32 Å². The van der Waals surface area contributed by atoms with Crippen LogP contribution in [0.25, 0.3) is 0 Å². The zero-order chi connectivity index (χ0) is 14.1. The lowest BCUT2D eigenvalue weighted by Gasteiger charge is -2.31. The van der Waals surface area contributed by atoms with Crippen molar-refractivity contribution in [3.8, 4) is 0 Å². The van der Waals surface area contributed by atoms with E-state index in [-0.39, 0.29) is 6.04 Å². The maximum Gasteiger partial charge on any atom is 0.0985 e. The first-order valence-corrected chi connectivity index (χ1v) is 7.78. The number of halogens is 2. The Morgan fingerprint density at radius 1 is 1.25 bits per heavy atom. The Hall–Kier alpha value is -0.870. The Morgan fingerprint density at radius 2 is 2.05 bits per heavy atom. The van der Waals surface area contributed by atoms with E-state index in [1.54, 1.807) is 0 Å². The number of benzene rings is 2. The average Bonchev–Trinajstić information content (AvgIpc) is 2.49. The molecule has 0 bridgehead atoms. The quantitative estimate of drug-likeness (QED) is 0.855. The van der Waals surface area contributed by atoms with E-state index in [0.717, 1.165) is 23.0 Å². The van der Waals surface area contributed by atoms with Crippen LogP contribution in [0, 0.1) is 0 Å². The van der Waals surface area contributed by atoms with Crippen molar-refractivity contribution in [2.45, 2.75) is 18.6 Å². The van der Waals surface area contributed by atoms with Gasteiger partial charge in [0.1, 0.15) is 0 Å². The molecule has 0 spiro atoms. The first-order valence-electron chi connectivity index (χ1n) is 6.61. The standard InChI is InChI=1S/C16H15BrClNO/c17-13-6-5-11(9-14(13)18)16(20)15-12-4-2-1-3-10(12)7-8-19-15/h1-6,9,15-16,19-20H,7-8H2. The van der Waals surface area contributed by atoms with Crippen LogP contribution in [0.5, 0.6) is 0 Å². The molecule has 2 aromatic carbocycles. The van der Waals surface area contributed by atoms with Gasteiger partial charge in [0.2, 0.25) is 0 Å². The highest BCUT2D eigenvalue weighted by Crippen LogP contribution is 2.35. The van der Waals surface area contributed by atoms with Crippen LogP contribution in [0.3, 0.4) is 0 Å². The molecule has 0 fully saturated rings. The first kappa shape index (κ1) is 14.1. The van der Waals surface area contributed by atoms with E-state index in [1.807, 2.05) is 30.3 Å². The molecule has 3 rings (SSSR count). The molecule has 2 aromatic rings. The van der Waals surface area contributed by atoms with Crippen LogP contribution in [-0.2, 0) is 6.42 Å². The van der Waals surface area contributed by atoms with Gasteiger partial charge in [-0.2, -0.15) is 0 Å². The molecule has 1 aliphatic rings. The van der Waals surface area contributed by atoms with Gasteiger partial charge >= 0.3 is 0 Å². The van der Waals surface area contributed by atoms with Crippen LogP contribution in [0.15, 0.2) is 46.9 Å². The first-order chi connectivity index (χ1) is 9.66. The third-order valence-electron chi connectivity index (χ3n) is 3.75. The molecule has 2 unspecified atom stereocenters. The summed E-state index contributed by atoms with van der Waals surface area (Å²) >= 11 is 9.49. The van der Waals surface area contributed by atoms with E-state index < -0.39 is 6.10 Å². The average molecular weight is 353 g/mol. The molecule has 20 heavy (non-hydrogen) atoms.